The maximum Gasteiger partial charge on any atom is 0.0474 e. The first-order valence-corrected chi connectivity index (χ1v) is 5.81. The first-order valence-electron chi connectivity index (χ1n) is 5.81. The van der Waals surface area contributed by atoms with E-state index in [1.54, 1.807) is 7.11 Å². The summed E-state index contributed by atoms with van der Waals surface area (Å²) in [6, 6.07) is 0.658. The van der Waals surface area contributed by atoms with Crippen LogP contribution in [-0.2, 0) is 4.74 Å². The SMILES string of the molecule is COCCCNC1CCCCC1CN. The molecule has 0 bridgehead atoms. The Morgan fingerprint density at radius 1 is 1.36 bits per heavy atom. The highest BCUT2D eigenvalue weighted by atomic mass is 16.5. The van der Waals surface area contributed by atoms with E-state index in [4.69, 9.17) is 10.5 Å². The van der Waals surface area contributed by atoms with E-state index in [1.807, 2.05) is 0 Å². The Balaban J connectivity index is 2.13. The fourth-order valence-electron chi connectivity index (χ4n) is 2.26. The fourth-order valence-corrected chi connectivity index (χ4v) is 2.26. The van der Waals surface area contributed by atoms with Crippen molar-refractivity contribution in [1.82, 2.24) is 5.32 Å². The zero-order valence-corrected chi connectivity index (χ0v) is 9.30. The van der Waals surface area contributed by atoms with Crippen molar-refractivity contribution in [3.63, 3.8) is 0 Å². The van der Waals surface area contributed by atoms with E-state index in [1.165, 1.54) is 25.7 Å². The van der Waals surface area contributed by atoms with Crippen molar-refractivity contribution >= 4 is 0 Å². The van der Waals surface area contributed by atoms with Crippen LogP contribution >= 0.6 is 0 Å². The first-order chi connectivity index (χ1) is 6.88. The quantitative estimate of drug-likeness (QED) is 0.632. The molecule has 0 radical (unpaired) electrons. The van der Waals surface area contributed by atoms with E-state index in [-0.39, 0.29) is 0 Å². The summed E-state index contributed by atoms with van der Waals surface area (Å²) in [5.74, 6) is 0.700. The van der Waals surface area contributed by atoms with Crippen LogP contribution in [0.5, 0.6) is 0 Å². The third-order valence-electron chi connectivity index (χ3n) is 3.14. The van der Waals surface area contributed by atoms with Crippen molar-refractivity contribution in [2.45, 2.75) is 38.1 Å². The predicted molar refractivity (Wildman–Crippen MR) is 59.3 cm³/mol. The minimum Gasteiger partial charge on any atom is -0.385 e. The van der Waals surface area contributed by atoms with Crippen molar-refractivity contribution in [3.8, 4) is 0 Å². The van der Waals surface area contributed by atoms with Crippen LogP contribution in [0.3, 0.4) is 0 Å². The molecule has 0 saturated heterocycles. The summed E-state index contributed by atoms with van der Waals surface area (Å²) in [5, 5.41) is 3.60. The molecule has 0 aromatic carbocycles. The van der Waals surface area contributed by atoms with Crippen molar-refractivity contribution in [2.24, 2.45) is 11.7 Å². The van der Waals surface area contributed by atoms with Gasteiger partial charge in [0.25, 0.3) is 0 Å². The number of nitrogens with one attached hydrogen (secondary N) is 1. The lowest BCUT2D eigenvalue weighted by Gasteiger charge is -2.31. The first kappa shape index (κ1) is 12.0. The molecule has 0 aliphatic heterocycles. The number of methoxy groups -OCH3 is 1. The molecule has 0 spiro atoms. The smallest absolute Gasteiger partial charge is 0.0474 e. The van der Waals surface area contributed by atoms with Crippen LogP contribution < -0.4 is 11.1 Å². The summed E-state index contributed by atoms with van der Waals surface area (Å²) in [4.78, 5) is 0. The number of hydrogen-bond acceptors (Lipinski definition) is 3. The molecule has 3 N–H and O–H groups in total. The van der Waals surface area contributed by atoms with Gasteiger partial charge in [-0.15, -0.1) is 0 Å². The Hall–Kier alpha value is -0.120. The third kappa shape index (κ3) is 3.95. The largest absolute Gasteiger partial charge is 0.385 e. The average molecular weight is 200 g/mol. The second kappa shape index (κ2) is 7.21. The summed E-state index contributed by atoms with van der Waals surface area (Å²) in [5.41, 5.74) is 5.76. The average Bonchev–Trinajstić information content (AvgIpc) is 2.25. The minimum absolute atomic E-state index is 0.658. The van der Waals surface area contributed by atoms with Crippen LogP contribution in [0.2, 0.25) is 0 Å². The van der Waals surface area contributed by atoms with Gasteiger partial charge in [-0.25, -0.2) is 0 Å². The third-order valence-corrected chi connectivity index (χ3v) is 3.14. The van der Waals surface area contributed by atoms with Gasteiger partial charge in [0, 0.05) is 19.8 Å². The Bertz CT molecular complexity index is 141. The van der Waals surface area contributed by atoms with Crippen LogP contribution in [0.15, 0.2) is 0 Å². The van der Waals surface area contributed by atoms with E-state index >= 15 is 0 Å². The molecule has 1 aliphatic carbocycles. The van der Waals surface area contributed by atoms with Crippen LogP contribution in [0.25, 0.3) is 0 Å². The lowest BCUT2D eigenvalue weighted by Crippen LogP contribution is -2.42. The molecule has 0 aromatic rings. The normalized spacial score (nSPS) is 27.9. The molecule has 2 atom stereocenters. The number of ether oxygens (including phenoxy) is 1. The van der Waals surface area contributed by atoms with Gasteiger partial charge in [-0.05, 0) is 38.3 Å². The highest BCUT2D eigenvalue weighted by Gasteiger charge is 2.22. The molecule has 1 fully saturated rings. The van der Waals surface area contributed by atoms with E-state index in [0.717, 1.165) is 26.1 Å². The number of hydrogen-bond donors (Lipinski definition) is 2. The highest BCUT2D eigenvalue weighted by Crippen LogP contribution is 2.23. The zero-order valence-electron chi connectivity index (χ0n) is 9.30. The topological polar surface area (TPSA) is 47.3 Å². The Kier molecular flexibility index (Phi) is 6.15. The van der Waals surface area contributed by atoms with Gasteiger partial charge in [0.15, 0.2) is 0 Å². The molecule has 0 aromatic heterocycles. The van der Waals surface area contributed by atoms with Crippen molar-refractivity contribution in [3.05, 3.63) is 0 Å². The summed E-state index contributed by atoms with van der Waals surface area (Å²) in [6.07, 6.45) is 6.42. The molecule has 1 saturated carbocycles. The van der Waals surface area contributed by atoms with Gasteiger partial charge in [-0.3, -0.25) is 0 Å². The Morgan fingerprint density at radius 2 is 2.14 bits per heavy atom. The maximum atomic E-state index is 5.76. The monoisotopic (exact) mass is 200 g/mol. The van der Waals surface area contributed by atoms with Crippen molar-refractivity contribution in [1.29, 1.82) is 0 Å². The molecule has 1 aliphatic rings. The number of nitrogens with two attached hydrogens (primary N) is 1. The summed E-state index contributed by atoms with van der Waals surface area (Å²) in [6.45, 7) is 2.75. The minimum atomic E-state index is 0.658. The van der Waals surface area contributed by atoms with Gasteiger partial charge in [-0.1, -0.05) is 12.8 Å². The van der Waals surface area contributed by atoms with E-state index < -0.39 is 0 Å². The van der Waals surface area contributed by atoms with Gasteiger partial charge in [0.05, 0.1) is 0 Å². The van der Waals surface area contributed by atoms with Gasteiger partial charge >= 0.3 is 0 Å². The van der Waals surface area contributed by atoms with Crippen molar-refractivity contribution < 1.29 is 4.74 Å². The molecule has 14 heavy (non-hydrogen) atoms. The van der Waals surface area contributed by atoms with Gasteiger partial charge in [0.1, 0.15) is 0 Å². The molecule has 0 heterocycles. The summed E-state index contributed by atoms with van der Waals surface area (Å²) in [7, 11) is 1.75. The molecule has 0 amide bonds. The molecule has 3 nitrogen and oxygen atoms in total. The van der Waals surface area contributed by atoms with Crippen LogP contribution in [0.4, 0.5) is 0 Å². The Morgan fingerprint density at radius 3 is 2.86 bits per heavy atom. The molecule has 2 unspecified atom stereocenters. The second-order valence-corrected chi connectivity index (χ2v) is 4.19. The van der Waals surface area contributed by atoms with Gasteiger partial charge in [-0.2, -0.15) is 0 Å². The van der Waals surface area contributed by atoms with E-state index in [0.29, 0.717) is 12.0 Å². The second-order valence-electron chi connectivity index (χ2n) is 4.19. The molecular formula is C11H24N2O. The van der Waals surface area contributed by atoms with Crippen LogP contribution in [0.1, 0.15) is 32.1 Å². The maximum absolute atomic E-state index is 5.76. The Labute approximate surface area is 87.4 Å². The predicted octanol–water partition coefficient (Wildman–Crippen LogP) is 1.13. The highest BCUT2D eigenvalue weighted by molar-refractivity contribution is 4.81. The molecular weight excluding hydrogens is 176 g/mol. The molecule has 3 heteroatoms. The van der Waals surface area contributed by atoms with Crippen LogP contribution in [-0.4, -0.2) is 32.8 Å². The lowest BCUT2D eigenvalue weighted by atomic mass is 9.84. The molecule has 1 rings (SSSR count). The van der Waals surface area contributed by atoms with Crippen LogP contribution in [0, 0.1) is 5.92 Å². The summed E-state index contributed by atoms with van der Waals surface area (Å²) >= 11 is 0. The van der Waals surface area contributed by atoms with Gasteiger partial charge in [0.2, 0.25) is 0 Å². The summed E-state index contributed by atoms with van der Waals surface area (Å²) < 4.78 is 5.02. The van der Waals surface area contributed by atoms with Crippen molar-refractivity contribution in [2.75, 3.05) is 26.8 Å². The van der Waals surface area contributed by atoms with E-state index in [9.17, 15) is 0 Å². The van der Waals surface area contributed by atoms with E-state index in [2.05, 4.69) is 5.32 Å². The fraction of sp³-hybridized carbons (Fsp3) is 1.00. The van der Waals surface area contributed by atoms with Gasteiger partial charge < -0.3 is 15.8 Å². The number of rotatable bonds is 6. The zero-order chi connectivity index (χ0) is 10.2. The lowest BCUT2D eigenvalue weighted by molar-refractivity contribution is 0.188. The standard InChI is InChI=1S/C11H24N2O/c1-14-8-4-7-13-11-6-3-2-5-10(11)9-12/h10-11,13H,2-9,12H2,1H3. The molecule has 84 valence electrons.